The minimum Gasteiger partial charge on any atom is -0.383 e. The van der Waals surface area contributed by atoms with Crippen LogP contribution in [0.5, 0.6) is 0 Å². The number of hydrogen-bond donors (Lipinski definition) is 2. The molecule has 3 aromatic rings. The van der Waals surface area contributed by atoms with E-state index in [-0.39, 0.29) is 6.04 Å². The Hall–Kier alpha value is -2.15. The van der Waals surface area contributed by atoms with Gasteiger partial charge in [-0.2, -0.15) is 4.98 Å². The molecule has 0 saturated carbocycles. The number of fused-ring (bicyclic) bond motifs is 1. The Kier molecular flexibility index (Phi) is 6.54. The number of hydrogen-bond acceptors (Lipinski definition) is 6. The van der Waals surface area contributed by atoms with Crippen molar-refractivity contribution < 1.29 is 0 Å². The van der Waals surface area contributed by atoms with Gasteiger partial charge in [-0.15, -0.1) is 0 Å². The van der Waals surface area contributed by atoms with Gasteiger partial charge in [0.25, 0.3) is 0 Å². The standard InChI is InChI=1S/C20H24Cl2N6/c1-3-13(8-9-23)28(4-2)20-25-11-12-10-14(18(24)26-19(12)27-20)17-15(21)6-5-7-16(17)22/h5-7,10-11,13H,3-4,8-9,23H2,1-2H3,(H2,24,25,26,27). The SMILES string of the molecule is CCC(CCN)N(CC)c1ncc2cc(-c3c(Cl)cccc3Cl)c(N)nc2n1. The van der Waals surface area contributed by atoms with Gasteiger partial charge in [0, 0.05) is 35.3 Å². The van der Waals surface area contributed by atoms with Crippen molar-refractivity contribution in [2.75, 3.05) is 23.7 Å². The number of nitrogen functional groups attached to an aromatic ring is 1. The van der Waals surface area contributed by atoms with E-state index >= 15 is 0 Å². The highest BCUT2D eigenvalue weighted by Crippen LogP contribution is 2.38. The Morgan fingerprint density at radius 3 is 2.46 bits per heavy atom. The molecule has 2 heterocycles. The normalized spacial score (nSPS) is 12.3. The van der Waals surface area contributed by atoms with Gasteiger partial charge >= 0.3 is 0 Å². The summed E-state index contributed by atoms with van der Waals surface area (Å²) < 4.78 is 0. The average molecular weight is 419 g/mol. The quantitative estimate of drug-likeness (QED) is 0.584. The summed E-state index contributed by atoms with van der Waals surface area (Å²) in [6, 6.07) is 7.49. The van der Waals surface area contributed by atoms with Gasteiger partial charge in [0.05, 0.1) is 10.0 Å². The monoisotopic (exact) mass is 418 g/mol. The minimum absolute atomic E-state index is 0.283. The maximum Gasteiger partial charge on any atom is 0.227 e. The van der Waals surface area contributed by atoms with Crippen molar-refractivity contribution in [3.63, 3.8) is 0 Å². The van der Waals surface area contributed by atoms with Crippen LogP contribution in [0, 0.1) is 0 Å². The topological polar surface area (TPSA) is 94.0 Å². The van der Waals surface area contributed by atoms with E-state index in [0.717, 1.165) is 24.8 Å². The van der Waals surface area contributed by atoms with Crippen molar-refractivity contribution in [1.82, 2.24) is 15.0 Å². The van der Waals surface area contributed by atoms with Crippen molar-refractivity contribution >= 4 is 46.0 Å². The maximum atomic E-state index is 6.34. The number of aromatic nitrogens is 3. The molecule has 148 valence electrons. The fraction of sp³-hybridized carbons (Fsp3) is 0.350. The summed E-state index contributed by atoms with van der Waals surface area (Å²) in [6.07, 6.45) is 3.60. The van der Waals surface area contributed by atoms with E-state index in [1.54, 1.807) is 24.4 Å². The maximum absolute atomic E-state index is 6.34. The molecule has 0 spiro atoms. The van der Waals surface area contributed by atoms with Crippen LogP contribution in [0.4, 0.5) is 11.8 Å². The van der Waals surface area contributed by atoms with Gasteiger partial charge in [0.15, 0.2) is 5.65 Å². The van der Waals surface area contributed by atoms with Crippen molar-refractivity contribution in [1.29, 1.82) is 0 Å². The van der Waals surface area contributed by atoms with Crippen molar-refractivity contribution in [3.8, 4) is 11.1 Å². The second kappa shape index (κ2) is 8.90. The first-order chi connectivity index (χ1) is 13.5. The van der Waals surface area contributed by atoms with Crippen molar-refractivity contribution in [3.05, 3.63) is 40.5 Å². The van der Waals surface area contributed by atoms with Gasteiger partial charge < -0.3 is 16.4 Å². The molecule has 6 nitrogen and oxygen atoms in total. The van der Waals surface area contributed by atoms with E-state index in [1.165, 1.54) is 0 Å². The predicted octanol–water partition coefficient (Wildman–Crippen LogP) is 4.53. The molecule has 0 fully saturated rings. The van der Waals surface area contributed by atoms with Gasteiger partial charge in [-0.05, 0) is 44.5 Å². The fourth-order valence-electron chi connectivity index (χ4n) is 3.40. The van der Waals surface area contributed by atoms with Gasteiger partial charge in [-0.3, -0.25) is 0 Å². The first-order valence-electron chi connectivity index (χ1n) is 9.34. The van der Waals surface area contributed by atoms with Crippen LogP contribution in [-0.2, 0) is 0 Å². The number of nitrogens with zero attached hydrogens (tertiary/aromatic N) is 4. The Balaban J connectivity index is 2.07. The molecule has 28 heavy (non-hydrogen) atoms. The largest absolute Gasteiger partial charge is 0.383 e. The third-order valence-corrected chi connectivity index (χ3v) is 5.46. The molecule has 1 atom stereocenters. The van der Waals surface area contributed by atoms with E-state index < -0.39 is 0 Å². The molecular weight excluding hydrogens is 395 g/mol. The van der Waals surface area contributed by atoms with Crippen LogP contribution in [0.2, 0.25) is 10.0 Å². The lowest BCUT2D eigenvalue weighted by molar-refractivity contribution is 0.540. The van der Waals surface area contributed by atoms with Gasteiger partial charge in [0.1, 0.15) is 5.82 Å². The third-order valence-electron chi connectivity index (χ3n) is 4.83. The molecule has 2 aromatic heterocycles. The predicted molar refractivity (Wildman–Crippen MR) is 118 cm³/mol. The lowest BCUT2D eigenvalue weighted by Gasteiger charge is -2.30. The average Bonchev–Trinajstić information content (AvgIpc) is 2.68. The number of benzene rings is 1. The smallest absolute Gasteiger partial charge is 0.227 e. The molecule has 0 radical (unpaired) electrons. The van der Waals surface area contributed by atoms with Crippen molar-refractivity contribution in [2.45, 2.75) is 32.7 Å². The van der Waals surface area contributed by atoms with Crippen LogP contribution in [0.25, 0.3) is 22.2 Å². The molecule has 0 bridgehead atoms. The van der Waals surface area contributed by atoms with Crippen LogP contribution in [0.1, 0.15) is 26.7 Å². The Labute approximate surface area is 174 Å². The van der Waals surface area contributed by atoms with Gasteiger partial charge in [-0.25, -0.2) is 9.97 Å². The molecule has 4 N–H and O–H groups in total. The Bertz CT molecular complexity index is 958. The van der Waals surface area contributed by atoms with E-state index in [4.69, 9.17) is 34.7 Å². The third kappa shape index (κ3) is 3.99. The molecule has 0 aliphatic carbocycles. The summed E-state index contributed by atoms with van der Waals surface area (Å²) in [5.74, 6) is 0.954. The second-order valence-electron chi connectivity index (χ2n) is 6.53. The molecule has 3 rings (SSSR count). The first kappa shape index (κ1) is 20.6. The highest BCUT2D eigenvalue weighted by atomic mass is 35.5. The molecule has 0 saturated heterocycles. The summed E-state index contributed by atoms with van der Waals surface area (Å²) >= 11 is 12.7. The molecule has 0 aliphatic rings. The molecule has 0 amide bonds. The lowest BCUT2D eigenvalue weighted by Crippen LogP contribution is -2.37. The summed E-state index contributed by atoms with van der Waals surface area (Å²) in [6.45, 7) is 5.62. The van der Waals surface area contributed by atoms with Crippen LogP contribution < -0.4 is 16.4 Å². The van der Waals surface area contributed by atoms with E-state index in [1.807, 2.05) is 6.07 Å². The number of rotatable bonds is 7. The first-order valence-corrected chi connectivity index (χ1v) is 10.1. The van der Waals surface area contributed by atoms with Gasteiger partial charge in [-0.1, -0.05) is 36.2 Å². The van der Waals surface area contributed by atoms with Crippen LogP contribution in [0.15, 0.2) is 30.5 Å². The molecular formula is C20H24Cl2N6. The fourth-order valence-corrected chi connectivity index (χ4v) is 4.00. The minimum atomic E-state index is 0.283. The molecule has 0 aliphatic heterocycles. The number of halogens is 2. The number of pyridine rings is 1. The Morgan fingerprint density at radius 2 is 1.86 bits per heavy atom. The Morgan fingerprint density at radius 1 is 1.14 bits per heavy atom. The van der Waals surface area contributed by atoms with Crippen LogP contribution in [0.3, 0.4) is 0 Å². The summed E-state index contributed by atoms with van der Waals surface area (Å²) in [4.78, 5) is 15.9. The lowest BCUT2D eigenvalue weighted by atomic mass is 10.1. The van der Waals surface area contributed by atoms with Crippen LogP contribution in [-0.4, -0.2) is 34.1 Å². The molecule has 1 aromatic carbocycles. The van der Waals surface area contributed by atoms with Gasteiger partial charge in [0.2, 0.25) is 5.95 Å². The zero-order valence-electron chi connectivity index (χ0n) is 16.0. The highest BCUT2D eigenvalue weighted by Gasteiger charge is 2.19. The summed E-state index contributed by atoms with van der Waals surface area (Å²) in [5.41, 5.74) is 13.9. The second-order valence-corrected chi connectivity index (χ2v) is 7.34. The summed E-state index contributed by atoms with van der Waals surface area (Å²) in [7, 11) is 0. The number of anilines is 2. The molecule has 8 heteroatoms. The van der Waals surface area contributed by atoms with E-state index in [9.17, 15) is 0 Å². The van der Waals surface area contributed by atoms with E-state index in [0.29, 0.717) is 45.1 Å². The zero-order valence-corrected chi connectivity index (χ0v) is 17.5. The van der Waals surface area contributed by atoms with E-state index in [2.05, 4.69) is 33.7 Å². The highest BCUT2D eigenvalue weighted by molar-refractivity contribution is 6.39. The summed E-state index contributed by atoms with van der Waals surface area (Å²) in [5, 5.41) is 1.80. The number of nitrogens with two attached hydrogens (primary N) is 2. The zero-order chi connectivity index (χ0) is 20.3. The molecule has 1 unspecified atom stereocenters. The van der Waals surface area contributed by atoms with Crippen LogP contribution >= 0.6 is 23.2 Å². The van der Waals surface area contributed by atoms with Crippen molar-refractivity contribution in [2.24, 2.45) is 5.73 Å².